The standard InChI is InChI=1S/C38H42N6O/c1-25-24-39-41-36-21-30(11-14-34(25)36)38(45)42-18-16-29(17-19-42)28-9-7-27(8-10-28)15-20-43-31-12-13-32(43)23-33(22-31)44-26(2)40-35-5-3-4-6-37(35)44/h3-11,14,21,24,29,31-33H,12-13,15-20,22-23H2,1-2H3/t31-,32+,33?. The Kier molecular flexibility index (Phi) is 7.37. The van der Waals surface area contributed by atoms with Gasteiger partial charge >= 0.3 is 0 Å². The molecule has 1 amide bonds. The third-order valence-electron chi connectivity index (χ3n) is 11.0. The van der Waals surface area contributed by atoms with Crippen molar-refractivity contribution in [1.29, 1.82) is 0 Å². The maximum Gasteiger partial charge on any atom is 0.253 e. The summed E-state index contributed by atoms with van der Waals surface area (Å²) >= 11 is 0. The van der Waals surface area contributed by atoms with Crippen LogP contribution in [-0.4, -0.2) is 67.2 Å². The van der Waals surface area contributed by atoms with Crippen LogP contribution in [0.5, 0.6) is 0 Å². The average Bonchev–Trinajstić information content (AvgIpc) is 3.53. The van der Waals surface area contributed by atoms with Crippen molar-refractivity contribution in [2.24, 2.45) is 0 Å². The van der Waals surface area contributed by atoms with Crippen LogP contribution in [0.2, 0.25) is 0 Å². The molecule has 45 heavy (non-hydrogen) atoms. The Morgan fingerprint density at radius 2 is 1.60 bits per heavy atom. The number of hydrogen-bond donors (Lipinski definition) is 0. The number of aromatic nitrogens is 4. The molecule has 8 rings (SSSR count). The van der Waals surface area contributed by atoms with E-state index in [-0.39, 0.29) is 5.91 Å². The lowest BCUT2D eigenvalue weighted by molar-refractivity contribution is 0.0713. The Balaban J connectivity index is 0.853. The van der Waals surface area contributed by atoms with Crippen LogP contribution in [0.4, 0.5) is 0 Å². The summed E-state index contributed by atoms with van der Waals surface area (Å²) in [6.45, 7) is 6.91. The minimum Gasteiger partial charge on any atom is -0.339 e. The van der Waals surface area contributed by atoms with E-state index in [0.29, 0.717) is 29.6 Å². The highest BCUT2D eigenvalue weighted by molar-refractivity contribution is 5.98. The maximum absolute atomic E-state index is 13.3. The Morgan fingerprint density at radius 1 is 0.844 bits per heavy atom. The van der Waals surface area contributed by atoms with Crippen LogP contribution < -0.4 is 0 Å². The molecule has 7 heteroatoms. The van der Waals surface area contributed by atoms with Gasteiger partial charge in [-0.2, -0.15) is 10.2 Å². The summed E-state index contributed by atoms with van der Waals surface area (Å²) < 4.78 is 2.52. The first-order valence-electron chi connectivity index (χ1n) is 16.8. The van der Waals surface area contributed by atoms with Crippen molar-refractivity contribution in [2.45, 2.75) is 82.8 Å². The monoisotopic (exact) mass is 598 g/mol. The van der Waals surface area contributed by atoms with Crippen molar-refractivity contribution >= 4 is 27.8 Å². The Morgan fingerprint density at radius 3 is 2.38 bits per heavy atom. The predicted molar refractivity (Wildman–Crippen MR) is 179 cm³/mol. The molecule has 3 atom stereocenters. The Hall–Kier alpha value is -4.10. The van der Waals surface area contributed by atoms with Gasteiger partial charge in [0.05, 0.1) is 22.7 Å². The van der Waals surface area contributed by atoms with Gasteiger partial charge < -0.3 is 9.47 Å². The van der Waals surface area contributed by atoms with Crippen LogP contribution in [0.25, 0.3) is 21.9 Å². The molecule has 5 aromatic rings. The molecule has 3 fully saturated rings. The second-order valence-corrected chi connectivity index (χ2v) is 13.6. The summed E-state index contributed by atoms with van der Waals surface area (Å²) in [5.74, 6) is 1.76. The van der Waals surface area contributed by atoms with Gasteiger partial charge in [0, 0.05) is 48.7 Å². The number of carbonyl (C=O) groups is 1. The van der Waals surface area contributed by atoms with E-state index in [0.717, 1.165) is 66.7 Å². The molecule has 3 aromatic carbocycles. The van der Waals surface area contributed by atoms with E-state index in [4.69, 9.17) is 4.98 Å². The van der Waals surface area contributed by atoms with Crippen LogP contribution in [0.15, 0.2) is 72.9 Å². The van der Waals surface area contributed by atoms with Gasteiger partial charge in [-0.3, -0.25) is 9.69 Å². The van der Waals surface area contributed by atoms with Crippen molar-refractivity contribution in [3.05, 3.63) is 101 Å². The summed E-state index contributed by atoms with van der Waals surface area (Å²) in [6.07, 6.45) is 9.97. The highest BCUT2D eigenvalue weighted by Gasteiger charge is 2.41. The first-order valence-corrected chi connectivity index (χ1v) is 16.8. The van der Waals surface area contributed by atoms with Gasteiger partial charge in [0.1, 0.15) is 5.82 Å². The van der Waals surface area contributed by atoms with Crippen LogP contribution in [0.1, 0.15) is 83.4 Å². The van der Waals surface area contributed by atoms with Crippen LogP contribution in [0.3, 0.4) is 0 Å². The zero-order valence-corrected chi connectivity index (χ0v) is 26.4. The maximum atomic E-state index is 13.3. The topological polar surface area (TPSA) is 67.2 Å². The minimum absolute atomic E-state index is 0.0977. The SMILES string of the molecule is Cc1cnnc2cc(C(=O)N3CCC(c4ccc(CCN5[C@@H]6CC[C@H]5CC(n5c(C)nc7ccccc75)C6)cc4)CC3)ccc12. The molecule has 2 bridgehead atoms. The number of para-hydroxylation sites is 2. The molecule has 0 aliphatic carbocycles. The molecule has 7 nitrogen and oxygen atoms in total. The lowest BCUT2D eigenvalue weighted by Gasteiger charge is -2.40. The van der Waals surface area contributed by atoms with Crippen LogP contribution in [-0.2, 0) is 6.42 Å². The summed E-state index contributed by atoms with van der Waals surface area (Å²) in [4.78, 5) is 23.0. The second-order valence-electron chi connectivity index (χ2n) is 13.6. The molecule has 5 heterocycles. The average molecular weight is 599 g/mol. The molecule has 1 unspecified atom stereocenters. The number of nitrogens with zero attached hydrogens (tertiary/aromatic N) is 6. The number of amides is 1. The zero-order valence-electron chi connectivity index (χ0n) is 26.4. The van der Waals surface area contributed by atoms with Crippen molar-refractivity contribution in [3.63, 3.8) is 0 Å². The van der Waals surface area contributed by atoms with Crippen LogP contribution in [0, 0.1) is 13.8 Å². The lowest BCUT2D eigenvalue weighted by Crippen LogP contribution is -2.44. The van der Waals surface area contributed by atoms with E-state index >= 15 is 0 Å². The number of piperidine rings is 2. The number of benzene rings is 3. The fourth-order valence-corrected chi connectivity index (χ4v) is 8.59. The van der Waals surface area contributed by atoms with E-state index in [1.165, 1.54) is 42.3 Å². The highest BCUT2D eigenvalue weighted by atomic mass is 16.2. The third-order valence-corrected chi connectivity index (χ3v) is 11.0. The van der Waals surface area contributed by atoms with Crippen molar-refractivity contribution in [1.82, 2.24) is 29.5 Å². The van der Waals surface area contributed by atoms with E-state index in [1.54, 1.807) is 6.20 Å². The summed E-state index contributed by atoms with van der Waals surface area (Å²) in [6, 6.07) is 25.7. The number of likely N-dealkylation sites (tertiary alicyclic amines) is 1. The molecule has 0 spiro atoms. The largest absolute Gasteiger partial charge is 0.339 e. The minimum atomic E-state index is 0.0977. The molecule has 3 aliphatic heterocycles. The fourth-order valence-electron chi connectivity index (χ4n) is 8.59. The van der Waals surface area contributed by atoms with Gasteiger partial charge in [-0.1, -0.05) is 42.5 Å². The number of hydrogen-bond acceptors (Lipinski definition) is 5. The Labute approximate surface area is 265 Å². The van der Waals surface area contributed by atoms with Gasteiger partial charge in [-0.05, 0) is 106 Å². The summed E-state index contributed by atoms with van der Waals surface area (Å²) in [5.41, 5.74) is 7.82. The first-order chi connectivity index (χ1) is 22.0. The van der Waals surface area contributed by atoms with Crippen molar-refractivity contribution in [3.8, 4) is 0 Å². The van der Waals surface area contributed by atoms with Crippen LogP contribution >= 0.6 is 0 Å². The third kappa shape index (κ3) is 5.31. The van der Waals surface area contributed by atoms with E-state index in [9.17, 15) is 4.79 Å². The smallest absolute Gasteiger partial charge is 0.253 e. The van der Waals surface area contributed by atoms with Gasteiger partial charge in [0.2, 0.25) is 0 Å². The number of carbonyl (C=O) groups excluding carboxylic acids is 1. The molecule has 0 N–H and O–H groups in total. The molecule has 230 valence electrons. The van der Waals surface area contributed by atoms with E-state index in [1.807, 2.05) is 30.0 Å². The number of fused-ring (bicyclic) bond motifs is 4. The number of rotatable bonds is 6. The zero-order chi connectivity index (χ0) is 30.5. The predicted octanol–water partition coefficient (Wildman–Crippen LogP) is 7.03. The van der Waals surface area contributed by atoms with E-state index in [2.05, 4.69) is 75.1 Å². The number of aryl methyl sites for hydroxylation is 2. The molecule has 3 saturated heterocycles. The van der Waals surface area contributed by atoms with Gasteiger partial charge in [0.15, 0.2) is 0 Å². The highest BCUT2D eigenvalue weighted by Crippen LogP contribution is 2.42. The molecule has 3 aliphatic rings. The van der Waals surface area contributed by atoms with Crippen molar-refractivity contribution < 1.29 is 4.79 Å². The van der Waals surface area contributed by atoms with E-state index < -0.39 is 0 Å². The van der Waals surface area contributed by atoms with Gasteiger partial charge in [-0.25, -0.2) is 4.98 Å². The molecule has 2 aromatic heterocycles. The quantitative estimate of drug-likeness (QED) is 0.210. The number of imidazole rings is 1. The second kappa shape index (κ2) is 11.7. The Bertz CT molecular complexity index is 1840. The first kappa shape index (κ1) is 28.4. The fraction of sp³-hybridized carbons (Fsp3) is 0.421. The van der Waals surface area contributed by atoms with Crippen molar-refractivity contribution in [2.75, 3.05) is 19.6 Å². The van der Waals surface area contributed by atoms with Gasteiger partial charge in [0.25, 0.3) is 5.91 Å². The molecular weight excluding hydrogens is 556 g/mol. The summed E-state index contributed by atoms with van der Waals surface area (Å²) in [7, 11) is 0. The summed E-state index contributed by atoms with van der Waals surface area (Å²) in [5, 5.41) is 9.35. The molecule has 0 radical (unpaired) electrons. The lowest BCUT2D eigenvalue weighted by atomic mass is 9.88. The normalized spacial score (nSPS) is 22.4. The molecule has 0 saturated carbocycles. The molecular formula is C38H42N6O. The van der Waals surface area contributed by atoms with Gasteiger partial charge in [-0.15, -0.1) is 0 Å².